The average molecular weight is 373 g/mol. The Morgan fingerprint density at radius 3 is 2.57 bits per heavy atom. The van der Waals surface area contributed by atoms with Gasteiger partial charge in [0.2, 0.25) is 0 Å². The van der Waals surface area contributed by atoms with E-state index >= 15 is 0 Å². The van der Waals surface area contributed by atoms with Crippen LogP contribution in [0.1, 0.15) is 18.1 Å². The molecule has 1 aromatic carbocycles. The Kier molecular flexibility index (Phi) is 3.67. The number of rotatable bonds is 2. The van der Waals surface area contributed by atoms with Crippen LogP contribution in [0.25, 0.3) is 16.9 Å². The minimum atomic E-state index is -0.697. The van der Waals surface area contributed by atoms with E-state index in [-0.39, 0.29) is 5.69 Å². The molecule has 3 rings (SSSR count). The molecule has 0 saturated carbocycles. The maximum atomic E-state index is 14.1. The highest BCUT2D eigenvalue weighted by atomic mass is 79.9. The van der Waals surface area contributed by atoms with Gasteiger partial charge in [-0.1, -0.05) is 6.07 Å². The van der Waals surface area contributed by atoms with Gasteiger partial charge >= 0.3 is 0 Å². The summed E-state index contributed by atoms with van der Waals surface area (Å²) in [6, 6.07) is 5.40. The van der Waals surface area contributed by atoms with E-state index in [9.17, 15) is 8.78 Å². The quantitative estimate of drug-likeness (QED) is 0.607. The van der Waals surface area contributed by atoms with Gasteiger partial charge in [0.25, 0.3) is 0 Å². The third kappa shape index (κ3) is 2.42. The van der Waals surface area contributed by atoms with Crippen molar-refractivity contribution in [2.75, 3.05) is 0 Å². The number of hydrogen-bond acceptors (Lipinski definition) is 2. The van der Waals surface area contributed by atoms with Crippen LogP contribution < -0.4 is 0 Å². The van der Waals surface area contributed by atoms with Crippen LogP contribution in [0.3, 0.4) is 0 Å². The molecular formula is C14H9BrClF2N3. The van der Waals surface area contributed by atoms with Crippen molar-refractivity contribution in [3.8, 4) is 5.69 Å². The number of nitrogens with zero attached hydrogens (tertiary/aromatic N) is 3. The second-order valence-corrected chi connectivity index (χ2v) is 6.06. The van der Waals surface area contributed by atoms with Gasteiger partial charge in [0.05, 0.1) is 5.38 Å². The average Bonchev–Trinajstić information content (AvgIpc) is 2.77. The number of hydrogen-bond donors (Lipinski definition) is 0. The maximum absolute atomic E-state index is 14.1. The van der Waals surface area contributed by atoms with Crippen LogP contribution >= 0.6 is 27.5 Å². The number of aromatic nitrogens is 3. The first-order valence-electron chi connectivity index (χ1n) is 6.11. The highest BCUT2D eigenvalue weighted by molar-refractivity contribution is 9.10. The number of imidazole rings is 1. The van der Waals surface area contributed by atoms with E-state index in [4.69, 9.17) is 11.6 Å². The van der Waals surface area contributed by atoms with Crippen LogP contribution in [0.5, 0.6) is 0 Å². The molecule has 3 aromatic rings. The van der Waals surface area contributed by atoms with Gasteiger partial charge in [-0.2, -0.15) is 0 Å². The number of benzene rings is 1. The lowest BCUT2D eigenvalue weighted by molar-refractivity contribution is 0.567. The van der Waals surface area contributed by atoms with Gasteiger partial charge < -0.3 is 0 Å². The first-order chi connectivity index (χ1) is 9.99. The topological polar surface area (TPSA) is 30.7 Å². The zero-order valence-corrected chi connectivity index (χ0v) is 13.2. The van der Waals surface area contributed by atoms with E-state index in [2.05, 4.69) is 25.9 Å². The molecule has 0 aliphatic carbocycles. The van der Waals surface area contributed by atoms with Gasteiger partial charge in [0.1, 0.15) is 28.7 Å². The minimum absolute atomic E-state index is 0.225. The summed E-state index contributed by atoms with van der Waals surface area (Å²) < 4.78 is 30.2. The molecule has 0 fully saturated rings. The maximum Gasteiger partial charge on any atom is 0.164 e. The van der Waals surface area contributed by atoms with E-state index in [0.717, 1.165) is 4.47 Å². The van der Waals surface area contributed by atoms with Crippen LogP contribution in [0, 0.1) is 11.6 Å². The zero-order chi connectivity index (χ0) is 15.1. The van der Waals surface area contributed by atoms with Crippen molar-refractivity contribution in [3.05, 3.63) is 52.4 Å². The van der Waals surface area contributed by atoms with Crippen LogP contribution in [0.4, 0.5) is 8.78 Å². The lowest BCUT2D eigenvalue weighted by atomic mass is 10.2. The van der Waals surface area contributed by atoms with Crippen LogP contribution in [0.2, 0.25) is 0 Å². The van der Waals surface area contributed by atoms with Crippen LogP contribution in [0.15, 0.2) is 34.9 Å². The summed E-state index contributed by atoms with van der Waals surface area (Å²) in [5.74, 6) is -1.06. The third-order valence-corrected chi connectivity index (χ3v) is 3.64. The predicted octanol–water partition coefficient (Wildman–Crippen LogP) is 4.76. The molecule has 0 bridgehead atoms. The number of alkyl halides is 1. The molecule has 0 aliphatic rings. The van der Waals surface area contributed by atoms with Crippen molar-refractivity contribution >= 4 is 38.7 Å². The highest BCUT2D eigenvalue weighted by Crippen LogP contribution is 2.30. The molecule has 1 atom stereocenters. The van der Waals surface area contributed by atoms with Crippen molar-refractivity contribution < 1.29 is 8.78 Å². The SMILES string of the molecule is CC(Cl)c1nc2cc(Br)cnc2n1-c1c(F)cccc1F. The number of pyridine rings is 1. The van der Waals surface area contributed by atoms with E-state index in [1.165, 1.54) is 22.8 Å². The van der Waals surface area contributed by atoms with Crippen molar-refractivity contribution in [2.24, 2.45) is 0 Å². The lowest BCUT2D eigenvalue weighted by Crippen LogP contribution is -2.07. The van der Waals surface area contributed by atoms with Gasteiger partial charge in [0, 0.05) is 10.7 Å². The Morgan fingerprint density at radius 2 is 1.95 bits per heavy atom. The fourth-order valence-electron chi connectivity index (χ4n) is 2.15. The first-order valence-corrected chi connectivity index (χ1v) is 7.34. The predicted molar refractivity (Wildman–Crippen MR) is 80.7 cm³/mol. The van der Waals surface area contributed by atoms with E-state index < -0.39 is 17.0 Å². The molecule has 0 amide bonds. The fourth-order valence-corrected chi connectivity index (χ4v) is 2.61. The lowest BCUT2D eigenvalue weighted by Gasteiger charge is -2.11. The number of halogens is 4. The van der Waals surface area contributed by atoms with E-state index in [0.29, 0.717) is 17.0 Å². The Morgan fingerprint density at radius 1 is 1.29 bits per heavy atom. The van der Waals surface area contributed by atoms with Gasteiger partial charge in [-0.25, -0.2) is 18.7 Å². The first kappa shape index (κ1) is 14.4. The molecular weight excluding hydrogens is 364 g/mol. The van der Waals surface area contributed by atoms with Gasteiger partial charge in [-0.15, -0.1) is 11.6 Å². The second kappa shape index (κ2) is 5.35. The molecule has 1 unspecified atom stereocenters. The summed E-state index contributed by atoms with van der Waals surface area (Å²) >= 11 is 9.40. The van der Waals surface area contributed by atoms with E-state index in [1.807, 2.05) is 0 Å². The Hall–Kier alpha value is -1.53. The molecule has 0 aliphatic heterocycles. The largest absolute Gasteiger partial charge is 0.274 e. The normalized spacial score (nSPS) is 12.8. The number of fused-ring (bicyclic) bond motifs is 1. The molecule has 108 valence electrons. The van der Waals surface area contributed by atoms with E-state index in [1.54, 1.807) is 19.2 Å². The summed E-state index contributed by atoms with van der Waals surface area (Å²) in [5, 5.41) is -0.531. The smallest absolute Gasteiger partial charge is 0.164 e. The third-order valence-electron chi connectivity index (χ3n) is 3.01. The summed E-state index contributed by atoms with van der Waals surface area (Å²) in [4.78, 5) is 8.54. The molecule has 0 spiro atoms. The fraction of sp³-hybridized carbons (Fsp3) is 0.143. The summed E-state index contributed by atoms with van der Waals surface area (Å²) in [5.41, 5.74) is 0.636. The second-order valence-electron chi connectivity index (χ2n) is 4.49. The van der Waals surface area contributed by atoms with Gasteiger partial charge in [-0.05, 0) is 41.1 Å². The van der Waals surface area contributed by atoms with Crippen molar-refractivity contribution in [3.63, 3.8) is 0 Å². The van der Waals surface area contributed by atoms with Crippen molar-refractivity contribution in [1.82, 2.24) is 14.5 Å². The standard InChI is InChI=1S/C14H9BrClF2N3/c1-7(16)13-20-11-5-8(15)6-19-14(11)21(13)12-9(17)3-2-4-10(12)18/h2-7H,1H3. The molecule has 7 heteroatoms. The Bertz CT molecular complexity index is 812. The van der Waals surface area contributed by atoms with Crippen molar-refractivity contribution in [1.29, 1.82) is 0 Å². The van der Waals surface area contributed by atoms with Crippen LogP contribution in [-0.4, -0.2) is 14.5 Å². The molecule has 21 heavy (non-hydrogen) atoms. The van der Waals surface area contributed by atoms with Gasteiger partial charge in [-0.3, -0.25) is 4.57 Å². The Balaban J connectivity index is 2.42. The molecule has 2 heterocycles. The molecule has 2 aromatic heterocycles. The van der Waals surface area contributed by atoms with Crippen LogP contribution in [-0.2, 0) is 0 Å². The highest BCUT2D eigenvalue weighted by Gasteiger charge is 2.22. The molecule has 0 saturated heterocycles. The van der Waals surface area contributed by atoms with Crippen molar-refractivity contribution in [2.45, 2.75) is 12.3 Å². The summed E-state index contributed by atoms with van der Waals surface area (Å²) in [6.45, 7) is 1.69. The van der Waals surface area contributed by atoms with Gasteiger partial charge in [0.15, 0.2) is 5.65 Å². The molecule has 0 N–H and O–H groups in total. The Labute approximate surface area is 132 Å². The monoisotopic (exact) mass is 371 g/mol. The minimum Gasteiger partial charge on any atom is -0.274 e. The molecule has 0 radical (unpaired) electrons. The summed E-state index contributed by atoms with van der Waals surface area (Å²) in [7, 11) is 0. The summed E-state index contributed by atoms with van der Waals surface area (Å²) in [6.07, 6.45) is 1.54. The molecule has 3 nitrogen and oxygen atoms in total. The number of para-hydroxylation sites is 1. The zero-order valence-electron chi connectivity index (χ0n) is 10.8.